The fraction of sp³-hybridized carbons (Fsp3) is 0.429. The van der Waals surface area contributed by atoms with Crippen molar-refractivity contribution >= 4 is 17.6 Å². The van der Waals surface area contributed by atoms with Crippen molar-refractivity contribution in [2.45, 2.75) is 25.9 Å². The van der Waals surface area contributed by atoms with E-state index in [1.165, 1.54) is 0 Å². The zero-order valence-electron chi connectivity index (χ0n) is 16.5. The third kappa shape index (κ3) is 5.28. The van der Waals surface area contributed by atoms with Crippen molar-refractivity contribution in [1.29, 1.82) is 0 Å². The Morgan fingerprint density at radius 1 is 1.07 bits per heavy atom. The third-order valence-electron chi connectivity index (χ3n) is 5.07. The zero-order valence-corrected chi connectivity index (χ0v) is 16.5. The Labute approximate surface area is 165 Å². The van der Waals surface area contributed by atoms with Gasteiger partial charge in [-0.05, 0) is 42.7 Å². The van der Waals surface area contributed by atoms with Gasteiger partial charge in [0.15, 0.2) is 0 Å². The van der Waals surface area contributed by atoms with E-state index in [-0.39, 0.29) is 17.9 Å². The van der Waals surface area contributed by atoms with Crippen LogP contribution in [0, 0.1) is 5.92 Å². The smallest absolute Gasteiger partial charge is 0.317 e. The monoisotopic (exact) mass is 384 g/mol. The summed E-state index contributed by atoms with van der Waals surface area (Å²) < 4.78 is 5.21. The molecule has 0 unspecified atom stereocenters. The Morgan fingerprint density at radius 3 is 2.39 bits per heavy atom. The van der Waals surface area contributed by atoms with Crippen molar-refractivity contribution in [2.75, 3.05) is 32.1 Å². The molecule has 28 heavy (non-hydrogen) atoms. The summed E-state index contributed by atoms with van der Waals surface area (Å²) in [5.41, 5.74) is 2.21. The maximum absolute atomic E-state index is 12.5. The van der Waals surface area contributed by atoms with Crippen molar-refractivity contribution in [2.24, 2.45) is 5.92 Å². The van der Waals surface area contributed by atoms with Crippen LogP contribution in [-0.2, 0) is 17.9 Å². The second kappa shape index (κ2) is 9.30. The summed E-state index contributed by atoms with van der Waals surface area (Å²) in [6.07, 6.45) is 2.95. The van der Waals surface area contributed by atoms with Gasteiger partial charge in [0, 0.05) is 45.3 Å². The molecule has 0 atom stereocenters. The number of anilines is 1. The van der Waals surface area contributed by atoms with Crippen molar-refractivity contribution in [3.63, 3.8) is 0 Å². The quantitative estimate of drug-likeness (QED) is 0.803. The Bertz CT molecular complexity index is 763. The fourth-order valence-corrected chi connectivity index (χ4v) is 3.28. The molecular formula is C21H28N4O3. The van der Waals surface area contributed by atoms with Crippen LogP contribution in [0.15, 0.2) is 47.1 Å². The highest BCUT2D eigenvalue weighted by Crippen LogP contribution is 2.18. The maximum Gasteiger partial charge on any atom is 0.317 e. The zero-order chi connectivity index (χ0) is 19.9. The Morgan fingerprint density at radius 2 is 1.79 bits per heavy atom. The normalized spacial score (nSPS) is 14.6. The Kier molecular flexibility index (Phi) is 6.57. The summed E-state index contributed by atoms with van der Waals surface area (Å²) in [6.45, 7) is 2.06. The molecule has 1 fully saturated rings. The van der Waals surface area contributed by atoms with Gasteiger partial charge in [0.25, 0.3) is 0 Å². The first-order valence-corrected chi connectivity index (χ1v) is 9.62. The first-order chi connectivity index (χ1) is 13.5. The summed E-state index contributed by atoms with van der Waals surface area (Å²) in [5, 5.41) is 5.87. The van der Waals surface area contributed by atoms with E-state index in [2.05, 4.69) is 10.6 Å². The average Bonchev–Trinajstić information content (AvgIpc) is 3.24. The minimum absolute atomic E-state index is 0.0461. The molecule has 2 aromatic rings. The van der Waals surface area contributed by atoms with Crippen LogP contribution in [-0.4, -0.2) is 44.0 Å². The van der Waals surface area contributed by atoms with Gasteiger partial charge in [-0.1, -0.05) is 12.1 Å². The first-order valence-electron chi connectivity index (χ1n) is 9.62. The molecule has 0 spiro atoms. The second-order valence-corrected chi connectivity index (χ2v) is 7.28. The van der Waals surface area contributed by atoms with E-state index in [0.29, 0.717) is 39.0 Å². The molecule has 1 saturated heterocycles. The van der Waals surface area contributed by atoms with Crippen LogP contribution in [0.5, 0.6) is 0 Å². The topological polar surface area (TPSA) is 77.8 Å². The van der Waals surface area contributed by atoms with Gasteiger partial charge in [-0.15, -0.1) is 0 Å². The molecule has 1 aromatic carbocycles. The molecule has 0 saturated carbocycles. The molecule has 7 heteroatoms. The van der Waals surface area contributed by atoms with Gasteiger partial charge in [0.2, 0.25) is 5.91 Å². The van der Waals surface area contributed by atoms with Gasteiger partial charge in [-0.25, -0.2) is 4.79 Å². The number of hydrogen-bond donors (Lipinski definition) is 2. The van der Waals surface area contributed by atoms with E-state index in [1.54, 1.807) is 17.2 Å². The lowest BCUT2D eigenvalue weighted by atomic mass is 9.96. The number of nitrogens with zero attached hydrogens (tertiary/aromatic N) is 2. The Hall–Kier alpha value is -2.96. The molecule has 1 aromatic heterocycles. The largest absolute Gasteiger partial charge is 0.467 e. The van der Waals surface area contributed by atoms with Gasteiger partial charge >= 0.3 is 6.03 Å². The Balaban J connectivity index is 1.39. The van der Waals surface area contributed by atoms with E-state index in [4.69, 9.17) is 4.42 Å². The lowest BCUT2D eigenvalue weighted by molar-refractivity contribution is -0.126. The van der Waals surface area contributed by atoms with Gasteiger partial charge in [-0.3, -0.25) is 4.79 Å². The predicted octanol–water partition coefficient (Wildman–Crippen LogP) is 2.58. The number of rotatable bonds is 6. The number of benzene rings is 1. The van der Waals surface area contributed by atoms with Crippen molar-refractivity contribution in [1.82, 2.24) is 15.5 Å². The average molecular weight is 384 g/mol. The van der Waals surface area contributed by atoms with E-state index >= 15 is 0 Å². The number of nitrogens with one attached hydrogen (secondary N) is 2. The molecule has 2 heterocycles. The summed E-state index contributed by atoms with van der Waals surface area (Å²) in [5.74, 6) is 0.740. The molecule has 150 valence electrons. The van der Waals surface area contributed by atoms with Gasteiger partial charge in [-0.2, -0.15) is 0 Å². The summed E-state index contributed by atoms with van der Waals surface area (Å²) in [4.78, 5) is 28.5. The standard InChI is InChI=1S/C21H28N4O3/c1-24(2)18-7-5-16(6-8-18)14-22-20(26)17-9-11-25(12-10-17)21(27)23-15-19-4-3-13-28-19/h3-8,13,17H,9-12,14-15H2,1-2H3,(H,22,26)(H,23,27). The highest BCUT2D eigenvalue weighted by molar-refractivity contribution is 5.79. The van der Waals surface area contributed by atoms with Crippen LogP contribution < -0.4 is 15.5 Å². The van der Waals surface area contributed by atoms with E-state index < -0.39 is 0 Å². The van der Waals surface area contributed by atoms with Gasteiger partial charge in [0.05, 0.1) is 12.8 Å². The summed E-state index contributed by atoms with van der Waals surface area (Å²) >= 11 is 0. The van der Waals surface area contributed by atoms with Crippen LogP contribution in [0.1, 0.15) is 24.2 Å². The van der Waals surface area contributed by atoms with Crippen molar-refractivity contribution < 1.29 is 14.0 Å². The molecule has 0 radical (unpaired) electrons. The molecule has 3 amide bonds. The van der Waals surface area contributed by atoms with Crippen LogP contribution in [0.3, 0.4) is 0 Å². The number of likely N-dealkylation sites (tertiary alicyclic amines) is 1. The van der Waals surface area contributed by atoms with Crippen LogP contribution in [0.25, 0.3) is 0 Å². The minimum Gasteiger partial charge on any atom is -0.467 e. The number of amides is 3. The number of carbonyl (C=O) groups is 2. The summed E-state index contributed by atoms with van der Waals surface area (Å²) in [6, 6.07) is 11.6. The number of urea groups is 1. The third-order valence-corrected chi connectivity index (χ3v) is 5.07. The number of carbonyl (C=O) groups excluding carboxylic acids is 2. The molecule has 2 N–H and O–H groups in total. The molecule has 3 rings (SSSR count). The maximum atomic E-state index is 12.5. The van der Waals surface area contributed by atoms with E-state index in [0.717, 1.165) is 17.0 Å². The molecule has 1 aliphatic heterocycles. The number of furan rings is 1. The molecule has 0 bridgehead atoms. The second-order valence-electron chi connectivity index (χ2n) is 7.28. The molecule has 1 aliphatic rings. The molecular weight excluding hydrogens is 356 g/mol. The molecule has 7 nitrogen and oxygen atoms in total. The lowest BCUT2D eigenvalue weighted by Crippen LogP contribution is -2.46. The highest BCUT2D eigenvalue weighted by Gasteiger charge is 2.27. The van der Waals surface area contributed by atoms with Crippen LogP contribution in [0.2, 0.25) is 0 Å². The van der Waals surface area contributed by atoms with Crippen molar-refractivity contribution in [3.8, 4) is 0 Å². The number of piperidine rings is 1. The first kappa shape index (κ1) is 19.8. The van der Waals surface area contributed by atoms with Gasteiger partial charge in [0.1, 0.15) is 5.76 Å². The SMILES string of the molecule is CN(C)c1ccc(CNC(=O)C2CCN(C(=O)NCc3ccco3)CC2)cc1. The van der Waals surface area contributed by atoms with Crippen LogP contribution >= 0.6 is 0 Å². The fourth-order valence-electron chi connectivity index (χ4n) is 3.28. The highest BCUT2D eigenvalue weighted by atomic mass is 16.3. The van der Waals surface area contributed by atoms with E-state index in [9.17, 15) is 9.59 Å². The predicted molar refractivity (Wildman–Crippen MR) is 108 cm³/mol. The lowest BCUT2D eigenvalue weighted by Gasteiger charge is -2.31. The van der Waals surface area contributed by atoms with Gasteiger partial charge < -0.3 is 24.9 Å². The van der Waals surface area contributed by atoms with E-state index in [1.807, 2.05) is 49.3 Å². The van der Waals surface area contributed by atoms with Crippen LogP contribution in [0.4, 0.5) is 10.5 Å². The van der Waals surface area contributed by atoms with Crippen molar-refractivity contribution in [3.05, 3.63) is 54.0 Å². The molecule has 0 aliphatic carbocycles. The summed E-state index contributed by atoms with van der Waals surface area (Å²) in [7, 11) is 4.00. The minimum atomic E-state index is -0.115. The number of hydrogen-bond acceptors (Lipinski definition) is 4.